The van der Waals surface area contributed by atoms with Gasteiger partial charge >= 0.3 is 11.9 Å². The van der Waals surface area contributed by atoms with E-state index in [2.05, 4.69) is 10.3 Å². The van der Waals surface area contributed by atoms with E-state index < -0.39 is 30.0 Å². The van der Waals surface area contributed by atoms with Gasteiger partial charge in [-0.2, -0.15) is 0 Å². The normalized spacial score (nSPS) is 12.4. The molecular weight excluding hydrogens is 460 g/mol. The molecule has 0 saturated heterocycles. The van der Waals surface area contributed by atoms with Gasteiger partial charge in [0, 0.05) is 11.2 Å². The number of pyridine rings is 1. The van der Waals surface area contributed by atoms with E-state index in [1.165, 1.54) is 18.3 Å². The standard InChI is InChI=1S/C25H23ClN2O6/c1-2-34-25(33)22(29)20(14-16-7-3-6-10-19(16)26)28-23(30)21-13-15(11-12-27-21)17-8-4-5-9-18(17)24(31)32/h3-13,20,22,29H,2,14H2,1H3,(H,28,30)(H,31,32)/t20-,22-/m1/s1. The van der Waals surface area contributed by atoms with Crippen LogP contribution in [0.5, 0.6) is 0 Å². The summed E-state index contributed by atoms with van der Waals surface area (Å²) in [6.45, 7) is 1.67. The number of carbonyl (C=O) groups excluding carboxylic acids is 2. The SMILES string of the molecule is CCOC(=O)[C@H](O)[C@@H](Cc1ccccc1Cl)NC(=O)c1cc(-c2ccccc2C(=O)O)ccn1. The molecule has 3 rings (SSSR count). The highest BCUT2D eigenvalue weighted by atomic mass is 35.5. The summed E-state index contributed by atoms with van der Waals surface area (Å²) in [5.41, 5.74) is 1.58. The van der Waals surface area contributed by atoms with Crippen molar-refractivity contribution >= 4 is 29.4 Å². The smallest absolute Gasteiger partial charge is 0.337 e. The predicted molar refractivity (Wildman–Crippen MR) is 126 cm³/mol. The molecule has 3 N–H and O–H groups in total. The number of aromatic carboxylic acids is 1. The first-order valence-electron chi connectivity index (χ1n) is 10.5. The number of halogens is 1. The minimum atomic E-state index is -1.64. The van der Waals surface area contributed by atoms with E-state index in [0.717, 1.165) is 0 Å². The fourth-order valence-electron chi connectivity index (χ4n) is 3.42. The fraction of sp³-hybridized carbons (Fsp3) is 0.200. The third kappa shape index (κ3) is 5.98. The van der Waals surface area contributed by atoms with Crippen molar-refractivity contribution in [3.63, 3.8) is 0 Å². The van der Waals surface area contributed by atoms with Gasteiger partial charge in [0.1, 0.15) is 5.69 Å². The molecule has 0 aliphatic rings. The number of ether oxygens (including phenoxy) is 1. The van der Waals surface area contributed by atoms with Crippen LogP contribution in [0.4, 0.5) is 0 Å². The van der Waals surface area contributed by atoms with Gasteiger partial charge in [-0.05, 0) is 54.3 Å². The summed E-state index contributed by atoms with van der Waals surface area (Å²) in [7, 11) is 0. The Hall–Kier alpha value is -3.75. The molecule has 1 amide bonds. The lowest BCUT2D eigenvalue weighted by Gasteiger charge is -2.23. The number of hydrogen-bond donors (Lipinski definition) is 3. The van der Waals surface area contributed by atoms with Gasteiger partial charge in [-0.3, -0.25) is 9.78 Å². The lowest BCUT2D eigenvalue weighted by molar-refractivity contribution is -0.154. The zero-order valence-electron chi connectivity index (χ0n) is 18.3. The molecule has 0 spiro atoms. The summed E-state index contributed by atoms with van der Waals surface area (Å²) in [4.78, 5) is 40.9. The van der Waals surface area contributed by atoms with Crippen LogP contribution in [0, 0.1) is 0 Å². The number of esters is 1. The van der Waals surface area contributed by atoms with Crippen LogP contribution >= 0.6 is 11.6 Å². The largest absolute Gasteiger partial charge is 0.478 e. The molecule has 0 bridgehead atoms. The first kappa shape index (κ1) is 24.9. The molecule has 176 valence electrons. The number of nitrogens with zero attached hydrogens (tertiary/aromatic N) is 1. The topological polar surface area (TPSA) is 126 Å². The van der Waals surface area contributed by atoms with E-state index >= 15 is 0 Å². The molecule has 0 aliphatic heterocycles. The number of carbonyl (C=O) groups is 3. The Balaban J connectivity index is 1.89. The van der Waals surface area contributed by atoms with Gasteiger partial charge in [-0.1, -0.05) is 48.0 Å². The summed E-state index contributed by atoms with van der Waals surface area (Å²) >= 11 is 6.23. The summed E-state index contributed by atoms with van der Waals surface area (Å²) in [6.07, 6.45) is -0.197. The Morgan fingerprint density at radius 3 is 2.50 bits per heavy atom. The maximum absolute atomic E-state index is 13.0. The van der Waals surface area contributed by atoms with Crippen molar-refractivity contribution in [2.75, 3.05) is 6.61 Å². The van der Waals surface area contributed by atoms with Gasteiger partial charge in [0.25, 0.3) is 5.91 Å². The van der Waals surface area contributed by atoms with Crippen LogP contribution in [0.2, 0.25) is 5.02 Å². The number of aliphatic hydroxyl groups excluding tert-OH is 1. The van der Waals surface area contributed by atoms with E-state index in [-0.39, 0.29) is 24.3 Å². The second-order valence-corrected chi connectivity index (χ2v) is 7.76. The molecule has 0 aliphatic carbocycles. The zero-order chi connectivity index (χ0) is 24.7. The molecular formula is C25H23ClN2O6. The van der Waals surface area contributed by atoms with Crippen LogP contribution < -0.4 is 5.32 Å². The Labute approximate surface area is 201 Å². The van der Waals surface area contributed by atoms with Crippen LogP contribution in [0.15, 0.2) is 66.9 Å². The minimum absolute atomic E-state index is 0.0158. The molecule has 1 heterocycles. The van der Waals surface area contributed by atoms with E-state index in [9.17, 15) is 24.6 Å². The number of hydrogen-bond acceptors (Lipinski definition) is 6. The zero-order valence-corrected chi connectivity index (χ0v) is 19.0. The summed E-state index contributed by atoms with van der Waals surface area (Å²) in [6, 6.07) is 15.3. The summed E-state index contributed by atoms with van der Waals surface area (Å²) in [5, 5.41) is 23.1. The van der Waals surface area contributed by atoms with Crippen molar-refractivity contribution in [2.24, 2.45) is 0 Å². The lowest BCUT2D eigenvalue weighted by atomic mass is 9.99. The number of aromatic nitrogens is 1. The quantitative estimate of drug-likeness (QED) is 0.399. The Kier molecular flexibility index (Phi) is 8.34. The third-order valence-electron chi connectivity index (χ3n) is 5.08. The Morgan fingerprint density at radius 2 is 1.79 bits per heavy atom. The van der Waals surface area contributed by atoms with E-state index in [1.807, 2.05) is 0 Å². The average molecular weight is 483 g/mol. The van der Waals surface area contributed by atoms with E-state index in [1.54, 1.807) is 55.5 Å². The van der Waals surface area contributed by atoms with Crippen LogP contribution in [0.25, 0.3) is 11.1 Å². The number of benzene rings is 2. The molecule has 1 aromatic heterocycles. The van der Waals surface area contributed by atoms with Crippen LogP contribution in [-0.4, -0.2) is 51.8 Å². The highest BCUT2D eigenvalue weighted by Crippen LogP contribution is 2.24. The van der Waals surface area contributed by atoms with Crippen molar-refractivity contribution in [3.8, 4) is 11.1 Å². The first-order valence-corrected chi connectivity index (χ1v) is 10.9. The number of amides is 1. The van der Waals surface area contributed by atoms with E-state index in [4.69, 9.17) is 16.3 Å². The van der Waals surface area contributed by atoms with Gasteiger partial charge in [0.05, 0.1) is 18.2 Å². The van der Waals surface area contributed by atoms with Crippen LogP contribution in [-0.2, 0) is 16.0 Å². The van der Waals surface area contributed by atoms with Crippen molar-refractivity contribution in [2.45, 2.75) is 25.5 Å². The number of aliphatic hydroxyl groups is 1. The molecule has 3 aromatic rings. The predicted octanol–water partition coefficient (Wildman–Crippen LogP) is 3.37. The molecule has 0 fully saturated rings. The Bertz CT molecular complexity index is 1200. The second-order valence-electron chi connectivity index (χ2n) is 7.35. The molecule has 9 heteroatoms. The van der Waals surface area contributed by atoms with Crippen LogP contribution in [0.3, 0.4) is 0 Å². The van der Waals surface area contributed by atoms with Crippen molar-refractivity contribution in [3.05, 3.63) is 88.7 Å². The molecule has 0 radical (unpaired) electrons. The maximum atomic E-state index is 13.0. The van der Waals surface area contributed by atoms with Gasteiger partial charge in [-0.15, -0.1) is 0 Å². The molecule has 8 nitrogen and oxygen atoms in total. The van der Waals surface area contributed by atoms with Crippen molar-refractivity contribution in [1.82, 2.24) is 10.3 Å². The number of rotatable bonds is 9. The summed E-state index contributed by atoms with van der Waals surface area (Å²) < 4.78 is 4.91. The van der Waals surface area contributed by atoms with Crippen molar-refractivity contribution < 1.29 is 29.3 Å². The fourth-order valence-corrected chi connectivity index (χ4v) is 3.63. The highest BCUT2D eigenvalue weighted by molar-refractivity contribution is 6.31. The third-order valence-corrected chi connectivity index (χ3v) is 5.45. The molecule has 34 heavy (non-hydrogen) atoms. The van der Waals surface area contributed by atoms with Gasteiger partial charge in [-0.25, -0.2) is 9.59 Å². The first-order chi connectivity index (χ1) is 16.3. The highest BCUT2D eigenvalue weighted by Gasteiger charge is 2.30. The number of carboxylic acids is 1. The van der Waals surface area contributed by atoms with Gasteiger partial charge in [0.2, 0.25) is 0 Å². The molecule has 2 atom stereocenters. The summed E-state index contributed by atoms with van der Waals surface area (Å²) in [5.74, 6) is -2.64. The number of carboxylic acid groups (broad SMARTS) is 1. The molecule has 2 aromatic carbocycles. The lowest BCUT2D eigenvalue weighted by Crippen LogP contribution is -2.49. The molecule has 0 saturated carbocycles. The second kappa shape index (κ2) is 11.4. The molecule has 0 unspecified atom stereocenters. The van der Waals surface area contributed by atoms with E-state index in [0.29, 0.717) is 21.7 Å². The Morgan fingerprint density at radius 1 is 1.09 bits per heavy atom. The monoisotopic (exact) mass is 482 g/mol. The van der Waals surface area contributed by atoms with Gasteiger partial charge in [0.15, 0.2) is 6.10 Å². The number of nitrogens with one attached hydrogen (secondary N) is 1. The van der Waals surface area contributed by atoms with Gasteiger partial charge < -0.3 is 20.3 Å². The maximum Gasteiger partial charge on any atom is 0.337 e. The van der Waals surface area contributed by atoms with Crippen molar-refractivity contribution in [1.29, 1.82) is 0 Å². The average Bonchev–Trinajstić information content (AvgIpc) is 2.84. The van der Waals surface area contributed by atoms with Crippen LogP contribution in [0.1, 0.15) is 33.3 Å². The minimum Gasteiger partial charge on any atom is -0.478 e.